The molecule has 19 heteroatoms. The minimum absolute atomic E-state index is 0.0640. The predicted molar refractivity (Wildman–Crippen MR) is 231 cm³/mol. The quantitative estimate of drug-likeness (QED) is 0.00882. The first-order valence-electron chi connectivity index (χ1n) is 18.9. The summed E-state index contributed by atoms with van der Waals surface area (Å²) < 4.78 is 117. The summed E-state index contributed by atoms with van der Waals surface area (Å²) in [5.41, 5.74) is 15.5. The molecular formula is C46H39F8N5O6. The maximum absolute atomic E-state index is 14.1. The molecule has 0 spiro atoms. The summed E-state index contributed by atoms with van der Waals surface area (Å²) in [4.78, 5) is 41.5. The molecule has 0 aliphatic rings. The SMILES string of the molecule is CCOC(=O)/C(=C\N(C)C)C(=O)c1cc(F)c(F)c(F)c1F.CCOC(=O)C(C=Nc1cc2ccccc2cc1N)=C(O)c1cc(F)c(F)c(F)c1F.Nc1cc2ccccc2cc1N. The van der Waals surface area contributed by atoms with Crippen LogP contribution in [0.25, 0.3) is 27.3 Å². The van der Waals surface area contributed by atoms with Crippen molar-refractivity contribution < 1.29 is 64.1 Å². The molecule has 0 radical (unpaired) electrons. The largest absolute Gasteiger partial charge is 0.506 e. The number of Topliss-reactive ketones (excluding diaryl/α,β-unsaturated/α-hetero) is 1. The molecule has 0 aromatic heterocycles. The van der Waals surface area contributed by atoms with Gasteiger partial charge in [-0.25, -0.2) is 44.7 Å². The summed E-state index contributed by atoms with van der Waals surface area (Å²) >= 11 is 0. The average Bonchev–Trinajstić information content (AvgIpc) is 3.27. The lowest BCUT2D eigenvalue weighted by molar-refractivity contribution is -0.138. The zero-order chi connectivity index (χ0) is 48.3. The van der Waals surface area contributed by atoms with Gasteiger partial charge in [-0.2, -0.15) is 0 Å². The van der Waals surface area contributed by atoms with Crippen LogP contribution >= 0.6 is 0 Å². The number of aliphatic imine (C=N–C) groups is 1. The number of benzene rings is 6. The van der Waals surface area contributed by atoms with E-state index in [1.807, 2.05) is 48.5 Å². The highest BCUT2D eigenvalue weighted by Gasteiger charge is 2.29. The number of halogens is 8. The van der Waals surface area contributed by atoms with E-state index in [-0.39, 0.29) is 36.7 Å². The third kappa shape index (κ3) is 11.9. The summed E-state index contributed by atoms with van der Waals surface area (Å²) in [6.45, 7) is 2.78. The zero-order valence-corrected chi connectivity index (χ0v) is 34.8. The minimum atomic E-state index is -2.14. The van der Waals surface area contributed by atoms with Gasteiger partial charge in [0.2, 0.25) is 5.78 Å². The number of carbonyl (C=O) groups is 3. The van der Waals surface area contributed by atoms with Crippen molar-refractivity contribution in [3.05, 3.63) is 160 Å². The molecule has 11 nitrogen and oxygen atoms in total. The van der Waals surface area contributed by atoms with Crippen molar-refractivity contribution in [2.75, 3.05) is 44.5 Å². The summed E-state index contributed by atoms with van der Waals surface area (Å²) in [5.74, 6) is -20.3. The van der Waals surface area contributed by atoms with Gasteiger partial charge in [-0.1, -0.05) is 48.5 Å². The fraction of sp³-hybridized carbons (Fsp3) is 0.130. The highest BCUT2D eigenvalue weighted by atomic mass is 19.2. The zero-order valence-electron chi connectivity index (χ0n) is 34.8. The van der Waals surface area contributed by atoms with E-state index in [2.05, 4.69) is 9.73 Å². The Morgan fingerprint density at radius 2 is 1.02 bits per heavy atom. The Kier molecular flexibility index (Phi) is 16.7. The van der Waals surface area contributed by atoms with Crippen LogP contribution < -0.4 is 17.2 Å². The first kappa shape index (κ1) is 49.7. The topological polar surface area (TPSA) is 184 Å². The van der Waals surface area contributed by atoms with E-state index in [4.69, 9.17) is 21.9 Å². The van der Waals surface area contributed by atoms with Gasteiger partial charge in [-0.15, -0.1) is 0 Å². The van der Waals surface area contributed by atoms with Crippen molar-refractivity contribution in [3.8, 4) is 0 Å². The van der Waals surface area contributed by atoms with Crippen LogP contribution in [0.3, 0.4) is 0 Å². The predicted octanol–water partition coefficient (Wildman–Crippen LogP) is 9.65. The van der Waals surface area contributed by atoms with Crippen molar-refractivity contribution in [3.63, 3.8) is 0 Å². The number of nitrogens with zero attached hydrogens (tertiary/aromatic N) is 2. The maximum atomic E-state index is 14.1. The maximum Gasteiger partial charge on any atom is 0.343 e. The van der Waals surface area contributed by atoms with E-state index in [1.54, 1.807) is 24.3 Å². The second kappa shape index (κ2) is 21.9. The lowest BCUT2D eigenvalue weighted by Crippen LogP contribution is -2.21. The van der Waals surface area contributed by atoms with E-state index in [9.17, 15) is 54.6 Å². The van der Waals surface area contributed by atoms with Crippen molar-refractivity contribution in [2.24, 2.45) is 4.99 Å². The third-order valence-corrected chi connectivity index (χ3v) is 8.76. The molecule has 6 aromatic carbocycles. The third-order valence-electron chi connectivity index (χ3n) is 8.76. The molecule has 0 bridgehead atoms. The van der Waals surface area contributed by atoms with Gasteiger partial charge in [0.1, 0.15) is 16.9 Å². The molecule has 0 amide bonds. The molecule has 6 rings (SSSR count). The van der Waals surface area contributed by atoms with Crippen molar-refractivity contribution in [1.82, 2.24) is 4.90 Å². The lowest BCUT2D eigenvalue weighted by atomic mass is 10.0. The molecule has 6 aromatic rings. The van der Waals surface area contributed by atoms with E-state index < -0.39 is 92.3 Å². The van der Waals surface area contributed by atoms with Crippen LogP contribution in [-0.2, 0) is 19.1 Å². The van der Waals surface area contributed by atoms with Crippen LogP contribution in [0.15, 0.2) is 107 Å². The molecule has 0 unspecified atom stereocenters. The molecule has 0 atom stereocenters. The number of ether oxygens (including phenoxy) is 2. The number of esters is 2. The van der Waals surface area contributed by atoms with E-state index >= 15 is 0 Å². The molecule has 0 saturated carbocycles. The van der Waals surface area contributed by atoms with E-state index in [0.29, 0.717) is 11.4 Å². The van der Waals surface area contributed by atoms with Crippen molar-refractivity contribution >= 4 is 74.0 Å². The van der Waals surface area contributed by atoms with Crippen LogP contribution in [0.1, 0.15) is 29.8 Å². The monoisotopic (exact) mass is 909 g/mol. The van der Waals surface area contributed by atoms with Crippen molar-refractivity contribution in [1.29, 1.82) is 0 Å². The van der Waals surface area contributed by atoms with Crippen LogP contribution in [0.2, 0.25) is 0 Å². The number of ketones is 1. The van der Waals surface area contributed by atoms with Gasteiger partial charge in [0, 0.05) is 26.5 Å². The van der Waals surface area contributed by atoms with Gasteiger partial charge in [0.05, 0.1) is 47.1 Å². The second-order valence-corrected chi connectivity index (χ2v) is 13.6. The van der Waals surface area contributed by atoms with Gasteiger partial charge < -0.3 is 36.7 Å². The van der Waals surface area contributed by atoms with Crippen LogP contribution in [0.5, 0.6) is 0 Å². The highest BCUT2D eigenvalue weighted by Crippen LogP contribution is 2.30. The molecule has 7 N–H and O–H groups in total. The molecular weight excluding hydrogens is 871 g/mol. The van der Waals surface area contributed by atoms with E-state index in [1.165, 1.54) is 32.8 Å². The first-order chi connectivity index (χ1) is 30.7. The van der Waals surface area contributed by atoms with Crippen molar-refractivity contribution in [2.45, 2.75) is 13.8 Å². The molecule has 340 valence electrons. The van der Waals surface area contributed by atoms with Crippen LogP contribution in [-0.4, -0.2) is 61.3 Å². The highest BCUT2D eigenvalue weighted by molar-refractivity contribution is 6.24. The summed E-state index contributed by atoms with van der Waals surface area (Å²) in [5, 5.41) is 14.3. The van der Waals surface area contributed by atoms with Gasteiger partial charge in [-0.05, 0) is 71.8 Å². The number of aliphatic hydroxyl groups is 1. The second-order valence-electron chi connectivity index (χ2n) is 13.6. The standard InChI is InChI=1S/C22H16F4N2O3.C14H13F4NO3.C10H10N2/c1-2-31-22(30)14(21(29)13-9-15(23)19(25)20(26)18(13)24)10-28-17-8-12-6-4-3-5-11(12)7-16(17)27;1-4-22-14(21)8(6-19(2)3)13(20)7-5-9(15)11(17)12(18)10(7)16;11-9-5-7-3-1-2-4-8(7)6-10(9)12/h3-10,29H,2,27H2,1H3;5-6H,4H2,1-3H3;1-6H,11-12H2/b;8-6-;. The normalized spacial score (nSPS) is 11.6. The van der Waals surface area contributed by atoms with Gasteiger partial charge >= 0.3 is 11.9 Å². The number of hydrogen-bond donors (Lipinski definition) is 4. The Balaban J connectivity index is 0.000000235. The fourth-order valence-electron chi connectivity index (χ4n) is 5.63. The number of rotatable bonds is 10. The number of nitrogen functional groups attached to an aromatic ring is 3. The molecule has 0 aliphatic heterocycles. The van der Waals surface area contributed by atoms with Gasteiger partial charge in [-0.3, -0.25) is 9.79 Å². The number of anilines is 3. The molecule has 0 fully saturated rings. The van der Waals surface area contributed by atoms with Gasteiger partial charge in [0.15, 0.2) is 46.5 Å². The number of nitrogens with two attached hydrogens (primary N) is 3. The Morgan fingerprint density at radius 3 is 1.48 bits per heavy atom. The number of carbonyl (C=O) groups excluding carboxylic acids is 3. The van der Waals surface area contributed by atoms with Gasteiger partial charge in [0.25, 0.3) is 0 Å². The number of aliphatic hydroxyl groups excluding tert-OH is 1. The molecule has 0 heterocycles. The summed E-state index contributed by atoms with van der Waals surface area (Å²) in [6, 6.07) is 22.7. The molecule has 0 saturated heterocycles. The van der Waals surface area contributed by atoms with E-state index in [0.717, 1.165) is 34.0 Å². The lowest BCUT2D eigenvalue weighted by Gasteiger charge is -2.11. The van der Waals surface area contributed by atoms with Crippen LogP contribution in [0.4, 0.5) is 57.9 Å². The summed E-state index contributed by atoms with van der Waals surface area (Å²) in [6.07, 6.45) is 1.84. The van der Waals surface area contributed by atoms with Crippen LogP contribution in [0, 0.1) is 46.5 Å². The first-order valence-corrected chi connectivity index (χ1v) is 18.9. The Bertz CT molecular complexity index is 2850. The Labute approximate surface area is 365 Å². The smallest absolute Gasteiger partial charge is 0.343 e. The molecule has 0 aliphatic carbocycles. The molecule has 65 heavy (non-hydrogen) atoms. The summed E-state index contributed by atoms with van der Waals surface area (Å²) in [7, 11) is 2.93. The fourth-order valence-corrected chi connectivity index (χ4v) is 5.63. The number of hydrogen-bond acceptors (Lipinski definition) is 11. The average molecular weight is 910 g/mol. The number of fused-ring (bicyclic) bond motifs is 2. The minimum Gasteiger partial charge on any atom is -0.506 e. The Hall–Kier alpha value is -7.96. The Morgan fingerprint density at radius 1 is 0.600 bits per heavy atom.